The maximum atomic E-state index is 12.0. The lowest BCUT2D eigenvalue weighted by Crippen LogP contribution is -2.49. The average Bonchev–Trinajstić information content (AvgIpc) is 3.34. The van der Waals surface area contributed by atoms with Crippen LogP contribution >= 0.6 is 0 Å². The lowest BCUT2D eigenvalue weighted by Gasteiger charge is -2.37. The van der Waals surface area contributed by atoms with E-state index in [9.17, 15) is 4.79 Å². The van der Waals surface area contributed by atoms with Gasteiger partial charge in [-0.2, -0.15) is 5.10 Å². The molecule has 2 aliphatic rings. The van der Waals surface area contributed by atoms with Crippen LogP contribution in [0.25, 0.3) is 16.8 Å². The molecule has 5 heterocycles. The van der Waals surface area contributed by atoms with Crippen LogP contribution in [0.15, 0.2) is 42.9 Å². The summed E-state index contributed by atoms with van der Waals surface area (Å²) in [5.74, 6) is 0. The van der Waals surface area contributed by atoms with Gasteiger partial charge in [0, 0.05) is 69.0 Å². The molecule has 186 valence electrons. The number of rotatable bonds is 6. The number of hydrogen-bond acceptors (Lipinski definition) is 7. The van der Waals surface area contributed by atoms with Gasteiger partial charge in [0.25, 0.3) is 0 Å². The molecule has 2 fully saturated rings. The molecule has 3 aromatic rings. The number of amides is 1. The predicted octanol–water partition coefficient (Wildman–Crippen LogP) is 3.29. The van der Waals surface area contributed by atoms with E-state index in [1.807, 2.05) is 43.0 Å². The summed E-state index contributed by atoms with van der Waals surface area (Å²) in [5.41, 5.74) is 4.89. The Morgan fingerprint density at radius 1 is 1.14 bits per heavy atom. The first kappa shape index (κ1) is 23.6. The van der Waals surface area contributed by atoms with Crippen LogP contribution < -0.4 is 10.2 Å². The van der Waals surface area contributed by atoms with E-state index in [0.717, 1.165) is 67.0 Å². The van der Waals surface area contributed by atoms with Crippen LogP contribution in [0.4, 0.5) is 10.5 Å². The van der Waals surface area contributed by atoms with Crippen molar-refractivity contribution in [3.63, 3.8) is 0 Å². The van der Waals surface area contributed by atoms with Crippen LogP contribution in [-0.4, -0.2) is 78.1 Å². The molecule has 2 aliphatic heterocycles. The Bertz CT molecular complexity index is 1140. The highest BCUT2D eigenvalue weighted by Gasteiger charge is 2.35. The smallest absolute Gasteiger partial charge is 0.409 e. The Hall–Kier alpha value is -3.17. The zero-order valence-electron chi connectivity index (χ0n) is 20.6. The van der Waals surface area contributed by atoms with Gasteiger partial charge in [-0.05, 0) is 51.4 Å². The van der Waals surface area contributed by atoms with Gasteiger partial charge in [-0.25, -0.2) is 9.31 Å². The first-order valence-corrected chi connectivity index (χ1v) is 12.6. The lowest BCUT2D eigenvalue weighted by atomic mass is 9.87. The second kappa shape index (κ2) is 10.2. The van der Waals surface area contributed by atoms with Gasteiger partial charge in [0.2, 0.25) is 0 Å². The molecule has 2 saturated heterocycles. The fourth-order valence-corrected chi connectivity index (χ4v) is 5.19. The number of ether oxygens (including phenoxy) is 2. The summed E-state index contributed by atoms with van der Waals surface area (Å²) in [6, 6.07) is 8.41. The molecule has 0 saturated carbocycles. The summed E-state index contributed by atoms with van der Waals surface area (Å²) in [6.07, 6.45) is 7.67. The molecule has 1 atom stereocenters. The van der Waals surface area contributed by atoms with Crippen LogP contribution in [0.5, 0.6) is 0 Å². The zero-order valence-corrected chi connectivity index (χ0v) is 20.6. The minimum Gasteiger partial charge on any atom is -0.450 e. The van der Waals surface area contributed by atoms with Crippen molar-refractivity contribution in [2.75, 3.05) is 57.4 Å². The Balaban J connectivity index is 1.36. The summed E-state index contributed by atoms with van der Waals surface area (Å²) in [5, 5.41) is 8.00. The fraction of sp³-hybridized carbons (Fsp3) is 0.500. The number of anilines is 1. The number of carbonyl (C=O) groups excluding carboxylic acids is 1. The van der Waals surface area contributed by atoms with Crippen molar-refractivity contribution in [3.8, 4) is 11.3 Å². The highest BCUT2D eigenvalue weighted by atomic mass is 16.6. The van der Waals surface area contributed by atoms with Crippen molar-refractivity contribution in [1.29, 1.82) is 0 Å². The Kier molecular flexibility index (Phi) is 6.88. The second-order valence-corrected chi connectivity index (χ2v) is 9.09. The maximum absolute atomic E-state index is 12.0. The highest BCUT2D eigenvalue weighted by molar-refractivity contribution is 5.79. The van der Waals surface area contributed by atoms with Gasteiger partial charge in [0.1, 0.15) is 5.60 Å². The zero-order chi connectivity index (χ0) is 24.3. The number of nitrogens with one attached hydrogen (secondary N) is 1. The molecule has 35 heavy (non-hydrogen) atoms. The molecule has 5 rings (SSSR count). The van der Waals surface area contributed by atoms with Gasteiger partial charge in [-0.15, -0.1) is 0 Å². The molecule has 3 aromatic heterocycles. The van der Waals surface area contributed by atoms with Crippen LogP contribution in [-0.2, 0) is 15.1 Å². The number of aromatic nitrogens is 3. The average molecular weight is 479 g/mol. The Morgan fingerprint density at radius 3 is 2.69 bits per heavy atom. The first-order chi connectivity index (χ1) is 17.1. The molecule has 9 nitrogen and oxygen atoms in total. The normalized spacial score (nSPS) is 20.9. The van der Waals surface area contributed by atoms with Gasteiger partial charge in [0.15, 0.2) is 0 Å². The van der Waals surface area contributed by atoms with Crippen molar-refractivity contribution >= 4 is 17.3 Å². The third-order valence-electron chi connectivity index (χ3n) is 6.98. The number of piperidine rings is 1. The minimum absolute atomic E-state index is 0.235. The van der Waals surface area contributed by atoms with Crippen molar-refractivity contribution in [3.05, 3.63) is 48.4 Å². The van der Waals surface area contributed by atoms with E-state index in [1.165, 1.54) is 0 Å². The topological polar surface area (TPSA) is 84.2 Å². The summed E-state index contributed by atoms with van der Waals surface area (Å²) in [6.45, 7) is 9.58. The van der Waals surface area contributed by atoms with Crippen LogP contribution in [0.1, 0.15) is 32.3 Å². The van der Waals surface area contributed by atoms with Crippen molar-refractivity contribution < 1.29 is 14.3 Å². The number of pyridine rings is 1. The monoisotopic (exact) mass is 478 g/mol. The van der Waals surface area contributed by atoms with Crippen LogP contribution in [0, 0.1) is 0 Å². The standard InChI is InChI=1S/C26H34N6O3/c1-3-34-25(33)31-14-12-30(13-15-31)23-8-11-29-32-18-20(16-24(23)32)22-7-6-21(17-28-22)26(35-4-2)9-5-10-27-19-26/h6-8,11,16-18,27H,3-5,9-10,12-15,19H2,1-2H3/t26-/m1/s1. The van der Waals surface area contributed by atoms with Gasteiger partial charge >= 0.3 is 6.09 Å². The molecule has 0 aromatic carbocycles. The van der Waals surface area contributed by atoms with E-state index in [0.29, 0.717) is 26.3 Å². The second-order valence-electron chi connectivity index (χ2n) is 9.09. The number of fused-ring (bicyclic) bond motifs is 1. The number of hydrogen-bond donors (Lipinski definition) is 1. The quantitative estimate of drug-likeness (QED) is 0.582. The van der Waals surface area contributed by atoms with Crippen molar-refractivity contribution in [1.82, 2.24) is 24.8 Å². The molecule has 0 aliphatic carbocycles. The summed E-state index contributed by atoms with van der Waals surface area (Å²) in [4.78, 5) is 20.9. The van der Waals surface area contributed by atoms with E-state index in [4.69, 9.17) is 14.5 Å². The van der Waals surface area contributed by atoms with Crippen molar-refractivity contribution in [2.24, 2.45) is 0 Å². The summed E-state index contributed by atoms with van der Waals surface area (Å²) >= 11 is 0. The molecule has 0 bridgehead atoms. The highest BCUT2D eigenvalue weighted by Crippen LogP contribution is 2.34. The van der Waals surface area contributed by atoms with Crippen LogP contribution in [0.2, 0.25) is 0 Å². The van der Waals surface area contributed by atoms with Crippen molar-refractivity contribution in [2.45, 2.75) is 32.3 Å². The van der Waals surface area contributed by atoms with Gasteiger partial charge in [-0.3, -0.25) is 4.98 Å². The van der Waals surface area contributed by atoms with Gasteiger partial charge < -0.3 is 24.6 Å². The lowest BCUT2D eigenvalue weighted by molar-refractivity contribution is -0.0603. The molecular formula is C26H34N6O3. The Morgan fingerprint density at radius 2 is 2.00 bits per heavy atom. The molecule has 0 spiro atoms. The van der Waals surface area contributed by atoms with E-state index >= 15 is 0 Å². The predicted molar refractivity (Wildman–Crippen MR) is 135 cm³/mol. The maximum Gasteiger partial charge on any atom is 0.409 e. The SMILES string of the molecule is CCOC(=O)N1CCN(c2ccnn3cc(-c4ccc([C@@]5(OCC)CCCNC5)cn4)cc23)CC1. The first-order valence-electron chi connectivity index (χ1n) is 12.6. The number of piperazine rings is 1. The summed E-state index contributed by atoms with van der Waals surface area (Å²) < 4.78 is 13.3. The molecule has 1 N–H and O–H groups in total. The van der Waals surface area contributed by atoms with Gasteiger partial charge in [-0.1, -0.05) is 6.07 Å². The molecule has 0 radical (unpaired) electrons. The largest absolute Gasteiger partial charge is 0.450 e. The molecule has 0 unspecified atom stereocenters. The minimum atomic E-state index is -0.301. The molecule has 9 heteroatoms. The van der Waals surface area contributed by atoms with E-state index in [-0.39, 0.29) is 11.7 Å². The number of nitrogens with zero attached hydrogens (tertiary/aromatic N) is 5. The van der Waals surface area contributed by atoms with Crippen LogP contribution in [0.3, 0.4) is 0 Å². The third-order valence-corrected chi connectivity index (χ3v) is 6.98. The third kappa shape index (κ3) is 4.70. The van der Waals surface area contributed by atoms with E-state index in [2.05, 4.69) is 33.5 Å². The fourth-order valence-electron chi connectivity index (χ4n) is 5.19. The number of carbonyl (C=O) groups is 1. The van der Waals surface area contributed by atoms with E-state index in [1.54, 1.807) is 4.90 Å². The Labute approximate surface area is 206 Å². The summed E-state index contributed by atoms with van der Waals surface area (Å²) in [7, 11) is 0. The molecule has 1 amide bonds. The molecular weight excluding hydrogens is 444 g/mol. The van der Waals surface area contributed by atoms with E-state index < -0.39 is 0 Å². The van der Waals surface area contributed by atoms with Gasteiger partial charge in [0.05, 0.1) is 23.5 Å².